The lowest BCUT2D eigenvalue weighted by Gasteiger charge is -1.97. The molecule has 0 unspecified atom stereocenters. The van der Waals surface area contributed by atoms with Gasteiger partial charge >= 0.3 is 0 Å². The van der Waals surface area contributed by atoms with Crippen LogP contribution in [-0.2, 0) is 0 Å². The summed E-state index contributed by atoms with van der Waals surface area (Å²) in [5.74, 6) is 2.32. The van der Waals surface area contributed by atoms with Crippen molar-refractivity contribution in [1.82, 2.24) is 0 Å². The summed E-state index contributed by atoms with van der Waals surface area (Å²) in [6.45, 7) is 0. The van der Waals surface area contributed by atoms with Gasteiger partial charge in [-0.3, -0.25) is 0 Å². The lowest BCUT2D eigenvalue weighted by molar-refractivity contribution is 0.476. The second kappa shape index (κ2) is 3.23. The number of rotatable bonds is 0. The maximum absolute atomic E-state index is 9.62. The van der Waals surface area contributed by atoms with Crippen molar-refractivity contribution in [3.8, 4) is 17.2 Å². The molecule has 0 radical (unpaired) electrons. The maximum atomic E-state index is 9.62. The van der Waals surface area contributed by atoms with Crippen molar-refractivity contribution >= 4 is 32.3 Å². The van der Waals surface area contributed by atoms with Crippen molar-refractivity contribution < 1.29 is 9.84 Å². The molecule has 0 atom stereocenters. The Hall–Kier alpha value is -2.74. The number of ether oxygens (including phenoxy) is 1. The smallest absolute Gasteiger partial charge is 0.178 e. The SMILES string of the molecule is Oc1ccc2cc3ccc4c5c(cc4c3ccc2c1)O5. The van der Waals surface area contributed by atoms with E-state index in [1.54, 1.807) is 12.1 Å². The Labute approximate surface area is 114 Å². The van der Waals surface area contributed by atoms with Gasteiger partial charge in [0.25, 0.3) is 0 Å². The lowest BCUT2D eigenvalue weighted by Crippen LogP contribution is -1.71. The highest BCUT2D eigenvalue weighted by Gasteiger charge is 2.26. The van der Waals surface area contributed by atoms with Crippen LogP contribution in [0.2, 0.25) is 0 Å². The minimum Gasteiger partial charge on any atom is -0.508 e. The van der Waals surface area contributed by atoms with Crippen LogP contribution in [0.15, 0.2) is 54.6 Å². The van der Waals surface area contributed by atoms with E-state index in [0.717, 1.165) is 22.3 Å². The van der Waals surface area contributed by atoms with Crippen molar-refractivity contribution in [2.24, 2.45) is 0 Å². The third kappa shape index (κ3) is 1.23. The van der Waals surface area contributed by atoms with Gasteiger partial charge in [0.15, 0.2) is 11.5 Å². The number of benzene rings is 2. The number of fused-ring (bicyclic) bond motifs is 6. The molecule has 0 spiro atoms. The zero-order chi connectivity index (χ0) is 13.3. The monoisotopic (exact) mass is 258 g/mol. The molecule has 0 bridgehead atoms. The average Bonchev–Trinajstić information content (AvgIpc) is 3.16. The zero-order valence-electron chi connectivity index (χ0n) is 10.6. The molecule has 94 valence electrons. The van der Waals surface area contributed by atoms with E-state index in [0.29, 0.717) is 5.75 Å². The molecule has 0 saturated heterocycles. The van der Waals surface area contributed by atoms with Gasteiger partial charge in [0.05, 0.1) is 0 Å². The van der Waals surface area contributed by atoms with Gasteiger partial charge in [0.2, 0.25) is 0 Å². The topological polar surface area (TPSA) is 32.8 Å². The molecule has 1 heterocycles. The molecular weight excluding hydrogens is 248 g/mol. The minimum absolute atomic E-state index is 0.297. The van der Waals surface area contributed by atoms with Gasteiger partial charge in [-0.1, -0.05) is 24.3 Å². The van der Waals surface area contributed by atoms with Crippen LogP contribution in [-0.4, -0.2) is 5.11 Å². The summed E-state index contributed by atoms with van der Waals surface area (Å²) in [6.07, 6.45) is 0. The normalized spacial score (nSPS) is 12.6. The zero-order valence-corrected chi connectivity index (χ0v) is 10.6. The van der Waals surface area contributed by atoms with Crippen LogP contribution < -0.4 is 4.74 Å². The Kier molecular flexibility index (Phi) is 1.63. The molecule has 1 aliphatic rings. The maximum Gasteiger partial charge on any atom is 0.178 e. The van der Waals surface area contributed by atoms with Crippen molar-refractivity contribution in [3.05, 3.63) is 54.6 Å². The van der Waals surface area contributed by atoms with Gasteiger partial charge in [-0.15, -0.1) is 0 Å². The van der Waals surface area contributed by atoms with E-state index in [1.165, 1.54) is 21.5 Å². The highest BCUT2D eigenvalue weighted by atomic mass is 16.6. The quantitative estimate of drug-likeness (QED) is 0.398. The highest BCUT2D eigenvalue weighted by molar-refractivity contribution is 6.15. The fourth-order valence-corrected chi connectivity index (χ4v) is 3.00. The fourth-order valence-electron chi connectivity index (χ4n) is 3.00. The van der Waals surface area contributed by atoms with E-state index >= 15 is 0 Å². The Morgan fingerprint density at radius 2 is 1.40 bits per heavy atom. The molecule has 0 saturated carbocycles. The van der Waals surface area contributed by atoms with E-state index in [-0.39, 0.29) is 0 Å². The Bertz CT molecular complexity index is 1030. The molecule has 2 heteroatoms. The fraction of sp³-hybridized carbons (Fsp3) is 0. The second-order valence-electron chi connectivity index (χ2n) is 5.26. The first-order chi connectivity index (χ1) is 9.79. The van der Waals surface area contributed by atoms with Crippen LogP contribution >= 0.6 is 0 Å². The van der Waals surface area contributed by atoms with E-state index < -0.39 is 0 Å². The molecule has 1 N–H and O–H groups in total. The molecular formula is C18H10O2. The van der Waals surface area contributed by atoms with E-state index in [2.05, 4.69) is 36.4 Å². The van der Waals surface area contributed by atoms with E-state index in [4.69, 9.17) is 4.74 Å². The standard InChI is InChI=1S/C18H10O2/c19-13-4-1-10-7-12-3-6-15-16(9-17-18(15)20-17)14(12)5-2-11(10)8-13/h1-9,19H. The van der Waals surface area contributed by atoms with Crippen molar-refractivity contribution in [2.75, 3.05) is 0 Å². The van der Waals surface area contributed by atoms with E-state index in [9.17, 15) is 5.11 Å². The van der Waals surface area contributed by atoms with Crippen LogP contribution in [0, 0.1) is 0 Å². The molecule has 20 heavy (non-hydrogen) atoms. The van der Waals surface area contributed by atoms with Gasteiger partial charge in [-0.25, -0.2) is 0 Å². The lowest BCUT2D eigenvalue weighted by atomic mass is 10.1. The Morgan fingerprint density at radius 1 is 0.650 bits per heavy atom. The van der Waals surface area contributed by atoms with Gasteiger partial charge < -0.3 is 9.84 Å². The molecule has 0 aromatic heterocycles. The molecule has 0 fully saturated rings. The summed E-state index contributed by atoms with van der Waals surface area (Å²) in [4.78, 5) is 0. The predicted molar refractivity (Wildman–Crippen MR) is 80.7 cm³/mol. The molecule has 4 aromatic carbocycles. The highest BCUT2D eigenvalue weighted by Crippen LogP contribution is 2.54. The molecule has 0 aliphatic carbocycles. The summed E-state index contributed by atoms with van der Waals surface area (Å²) in [6, 6.07) is 18.2. The average molecular weight is 258 g/mol. The van der Waals surface area contributed by atoms with Crippen LogP contribution in [0.4, 0.5) is 0 Å². The minimum atomic E-state index is 0.297. The molecule has 1 aliphatic heterocycles. The third-order valence-electron chi connectivity index (χ3n) is 4.05. The van der Waals surface area contributed by atoms with Gasteiger partial charge in [0.1, 0.15) is 5.75 Å². The van der Waals surface area contributed by atoms with Crippen molar-refractivity contribution in [3.63, 3.8) is 0 Å². The van der Waals surface area contributed by atoms with Crippen LogP contribution in [0.25, 0.3) is 32.3 Å². The molecule has 5 rings (SSSR count). The first kappa shape index (κ1) is 10.1. The molecule has 2 nitrogen and oxygen atoms in total. The first-order valence-electron chi connectivity index (χ1n) is 6.60. The Morgan fingerprint density at radius 3 is 2.35 bits per heavy atom. The van der Waals surface area contributed by atoms with Crippen molar-refractivity contribution in [2.45, 2.75) is 0 Å². The van der Waals surface area contributed by atoms with Gasteiger partial charge in [-0.2, -0.15) is 0 Å². The number of hydrogen-bond acceptors (Lipinski definition) is 2. The molecule has 0 amide bonds. The number of hydrogen-bond donors (Lipinski definition) is 1. The van der Waals surface area contributed by atoms with Crippen molar-refractivity contribution in [1.29, 1.82) is 0 Å². The first-order valence-corrected chi connectivity index (χ1v) is 6.60. The summed E-state index contributed by atoms with van der Waals surface area (Å²) in [7, 11) is 0. The number of phenolic OH excluding ortho intramolecular Hbond substituents is 1. The number of phenols is 1. The Balaban J connectivity index is 1.99. The van der Waals surface area contributed by atoms with Crippen LogP contribution in [0.1, 0.15) is 0 Å². The molecule has 4 aromatic rings. The predicted octanol–water partition coefficient (Wildman–Crippen LogP) is 4.96. The third-order valence-corrected chi connectivity index (χ3v) is 4.05. The second-order valence-corrected chi connectivity index (χ2v) is 5.26. The van der Waals surface area contributed by atoms with Crippen LogP contribution in [0.5, 0.6) is 17.2 Å². The van der Waals surface area contributed by atoms with Crippen LogP contribution in [0.3, 0.4) is 0 Å². The van der Waals surface area contributed by atoms with E-state index in [1.807, 2.05) is 6.07 Å². The van der Waals surface area contributed by atoms with Gasteiger partial charge in [-0.05, 0) is 57.3 Å². The van der Waals surface area contributed by atoms with Gasteiger partial charge in [0, 0.05) is 5.39 Å². The summed E-state index contributed by atoms with van der Waals surface area (Å²) in [5, 5.41) is 16.6. The summed E-state index contributed by atoms with van der Waals surface area (Å²) in [5.41, 5.74) is 0. The number of aromatic hydroxyl groups is 1. The summed E-state index contributed by atoms with van der Waals surface area (Å²) < 4.78 is 5.39. The summed E-state index contributed by atoms with van der Waals surface area (Å²) >= 11 is 0. The largest absolute Gasteiger partial charge is 0.508 e.